The van der Waals surface area contributed by atoms with Crippen molar-refractivity contribution in [2.24, 2.45) is 0 Å². The molecule has 0 atom stereocenters. The van der Waals surface area contributed by atoms with E-state index in [1.807, 2.05) is 48.5 Å². The summed E-state index contributed by atoms with van der Waals surface area (Å²) in [5, 5.41) is 18.1. The summed E-state index contributed by atoms with van der Waals surface area (Å²) < 4.78 is 2.27. The summed E-state index contributed by atoms with van der Waals surface area (Å²) in [5.74, 6) is 0. The molecular formula is C51H32N4. The first kappa shape index (κ1) is 32.1. The fourth-order valence-electron chi connectivity index (χ4n) is 7.92. The monoisotopic (exact) mass is 700 g/mol. The first-order valence-corrected chi connectivity index (χ1v) is 18.4. The number of nitriles is 1. The van der Waals surface area contributed by atoms with Crippen molar-refractivity contribution in [3.05, 3.63) is 199 Å². The van der Waals surface area contributed by atoms with Gasteiger partial charge in [-0.25, -0.2) is 4.98 Å². The molecule has 10 rings (SSSR count). The van der Waals surface area contributed by atoms with Crippen LogP contribution >= 0.6 is 0 Å². The predicted octanol–water partition coefficient (Wildman–Crippen LogP) is 12.0. The molecule has 7 aromatic carbocycles. The van der Waals surface area contributed by atoms with Gasteiger partial charge in [-0.3, -0.25) is 4.98 Å². The van der Waals surface area contributed by atoms with Gasteiger partial charge in [0.1, 0.15) is 0 Å². The molecule has 4 nitrogen and oxygen atoms in total. The Morgan fingerprint density at radius 3 is 2.13 bits per heavy atom. The van der Waals surface area contributed by atoms with Gasteiger partial charge in [0.2, 0.25) is 0 Å². The number of fused-ring (bicyclic) bond motifs is 3. The molecule has 0 bridgehead atoms. The van der Waals surface area contributed by atoms with Gasteiger partial charge in [-0.15, -0.1) is 0 Å². The summed E-state index contributed by atoms with van der Waals surface area (Å²) in [4.78, 5) is 8.97. The van der Waals surface area contributed by atoms with Crippen molar-refractivity contribution in [2.75, 3.05) is 0 Å². The Bertz CT molecular complexity index is 3190. The molecule has 0 aliphatic heterocycles. The number of para-hydroxylation sites is 1. The number of allylic oxidation sites excluding steroid dienone is 1. The summed E-state index contributed by atoms with van der Waals surface area (Å²) >= 11 is 0. The summed E-state index contributed by atoms with van der Waals surface area (Å²) in [6.07, 6.45) is 9.90. The molecule has 0 aliphatic carbocycles. The lowest BCUT2D eigenvalue weighted by atomic mass is 9.91. The van der Waals surface area contributed by atoms with E-state index in [9.17, 15) is 5.26 Å². The molecule has 0 radical (unpaired) electrons. The van der Waals surface area contributed by atoms with Gasteiger partial charge in [-0.2, -0.15) is 5.26 Å². The van der Waals surface area contributed by atoms with E-state index >= 15 is 0 Å². The van der Waals surface area contributed by atoms with E-state index in [0.717, 1.165) is 55.6 Å². The van der Waals surface area contributed by atoms with Crippen LogP contribution in [0.3, 0.4) is 0 Å². The van der Waals surface area contributed by atoms with Crippen molar-refractivity contribution < 1.29 is 0 Å². The smallest absolute Gasteiger partial charge is 0.0992 e. The molecule has 0 fully saturated rings. The van der Waals surface area contributed by atoms with Crippen LogP contribution in [0.4, 0.5) is 0 Å². The minimum atomic E-state index is 0.652. The lowest BCUT2D eigenvalue weighted by Gasteiger charge is -2.13. The van der Waals surface area contributed by atoms with Gasteiger partial charge in [0.05, 0.1) is 34.1 Å². The number of hydrogen-bond acceptors (Lipinski definition) is 3. The van der Waals surface area contributed by atoms with Crippen LogP contribution in [0.15, 0.2) is 182 Å². The second-order valence-corrected chi connectivity index (χ2v) is 13.8. The summed E-state index contributed by atoms with van der Waals surface area (Å²) in [6.45, 7) is 0. The van der Waals surface area contributed by atoms with Gasteiger partial charge in [-0.1, -0.05) is 121 Å². The molecule has 3 aromatic heterocycles. The number of pyridine rings is 2. The minimum Gasteiger partial charge on any atom is -0.309 e. The van der Waals surface area contributed by atoms with E-state index < -0.39 is 0 Å². The molecule has 0 amide bonds. The Morgan fingerprint density at radius 2 is 1.29 bits per heavy atom. The standard InChI is InChI=1S/C51H32N4/c52-33-34-15-23-45-46-25-22-40(32-50(46)55(49(45)31-34)42-11-2-1-3-12-42)35-16-18-37(19-17-35)43-24-21-39-8-5-13-44-36(20-26-47(43)51(39)44)7-4-9-41-10-6-14-48(54-41)38-27-29-53-30-28-38/h1-32H/b9-4+,36-7-. The van der Waals surface area contributed by atoms with Gasteiger partial charge in [-0.05, 0) is 110 Å². The second-order valence-electron chi connectivity index (χ2n) is 13.8. The van der Waals surface area contributed by atoms with E-state index in [-0.39, 0.29) is 0 Å². The van der Waals surface area contributed by atoms with Crippen LogP contribution in [0.5, 0.6) is 0 Å². The van der Waals surface area contributed by atoms with E-state index in [1.165, 1.54) is 37.9 Å². The lowest BCUT2D eigenvalue weighted by Crippen LogP contribution is -2.01. The zero-order valence-electron chi connectivity index (χ0n) is 29.8. The molecule has 4 heteroatoms. The average molecular weight is 701 g/mol. The van der Waals surface area contributed by atoms with E-state index in [0.29, 0.717) is 5.56 Å². The van der Waals surface area contributed by atoms with Crippen molar-refractivity contribution in [1.29, 1.82) is 5.26 Å². The topological polar surface area (TPSA) is 54.5 Å². The zero-order chi connectivity index (χ0) is 36.7. The molecule has 0 saturated carbocycles. The Morgan fingerprint density at radius 1 is 0.545 bits per heavy atom. The second kappa shape index (κ2) is 13.4. The molecule has 0 N–H and O–H groups in total. The van der Waals surface area contributed by atoms with E-state index in [2.05, 4.69) is 149 Å². The fourth-order valence-corrected chi connectivity index (χ4v) is 7.92. The number of benzene rings is 7. The summed E-state index contributed by atoms with van der Waals surface area (Å²) in [6, 6.07) is 59.8. The Balaban J connectivity index is 1.01. The van der Waals surface area contributed by atoms with Crippen LogP contribution in [0.25, 0.3) is 94.7 Å². The highest BCUT2D eigenvalue weighted by molar-refractivity contribution is 6.15. The maximum atomic E-state index is 9.68. The van der Waals surface area contributed by atoms with Gasteiger partial charge in [0.15, 0.2) is 0 Å². The zero-order valence-corrected chi connectivity index (χ0v) is 29.8. The first-order chi connectivity index (χ1) is 27.2. The van der Waals surface area contributed by atoms with Crippen LogP contribution in [0, 0.1) is 11.3 Å². The van der Waals surface area contributed by atoms with Gasteiger partial charge < -0.3 is 4.57 Å². The molecule has 0 aliphatic rings. The number of aromatic nitrogens is 3. The average Bonchev–Trinajstić information content (AvgIpc) is 3.58. The van der Waals surface area contributed by atoms with Crippen LogP contribution in [-0.4, -0.2) is 14.5 Å². The Kier molecular flexibility index (Phi) is 7.83. The van der Waals surface area contributed by atoms with E-state index in [1.54, 1.807) is 12.4 Å². The molecular weight excluding hydrogens is 669 g/mol. The quantitative estimate of drug-likeness (QED) is 0.173. The van der Waals surface area contributed by atoms with Crippen molar-refractivity contribution in [2.45, 2.75) is 0 Å². The third kappa shape index (κ3) is 5.72. The molecule has 0 unspecified atom stereocenters. The van der Waals surface area contributed by atoms with E-state index in [4.69, 9.17) is 4.98 Å². The van der Waals surface area contributed by atoms with Gasteiger partial charge in [0, 0.05) is 34.4 Å². The van der Waals surface area contributed by atoms with Crippen LogP contribution in [0.2, 0.25) is 0 Å². The SMILES string of the molecule is N#Cc1ccc2c3ccc(-c4ccc(-c5ccc6cccc7/c(=C\C=C\c8cccc(-c9ccncc9)n8)ccc5c67)cc4)cc3n(-c3ccccc3)c2c1. The Hall–Kier alpha value is -7.61. The highest BCUT2D eigenvalue weighted by Gasteiger charge is 2.15. The summed E-state index contributed by atoms with van der Waals surface area (Å²) in [5.41, 5.74) is 11.4. The number of nitrogens with zero attached hydrogens (tertiary/aromatic N) is 4. The van der Waals surface area contributed by atoms with Crippen LogP contribution in [0.1, 0.15) is 11.3 Å². The van der Waals surface area contributed by atoms with Crippen molar-refractivity contribution in [3.63, 3.8) is 0 Å². The number of hydrogen-bond donors (Lipinski definition) is 0. The normalized spacial score (nSPS) is 12.0. The van der Waals surface area contributed by atoms with Crippen LogP contribution < -0.4 is 5.22 Å². The first-order valence-electron chi connectivity index (χ1n) is 18.4. The molecule has 0 saturated heterocycles. The number of rotatable bonds is 6. The predicted molar refractivity (Wildman–Crippen MR) is 228 cm³/mol. The molecule has 3 heterocycles. The van der Waals surface area contributed by atoms with Crippen LogP contribution in [-0.2, 0) is 0 Å². The van der Waals surface area contributed by atoms with Gasteiger partial charge in [0.25, 0.3) is 0 Å². The highest BCUT2D eigenvalue weighted by Crippen LogP contribution is 2.37. The summed E-state index contributed by atoms with van der Waals surface area (Å²) in [7, 11) is 0. The largest absolute Gasteiger partial charge is 0.309 e. The molecule has 0 spiro atoms. The maximum Gasteiger partial charge on any atom is 0.0992 e. The highest BCUT2D eigenvalue weighted by atomic mass is 15.0. The fraction of sp³-hybridized carbons (Fsp3) is 0. The minimum absolute atomic E-state index is 0.652. The molecule has 55 heavy (non-hydrogen) atoms. The maximum absolute atomic E-state index is 9.68. The van der Waals surface area contributed by atoms with Crippen molar-refractivity contribution >= 4 is 55.5 Å². The molecule has 10 aromatic rings. The van der Waals surface area contributed by atoms with Gasteiger partial charge >= 0.3 is 0 Å². The third-order valence-corrected chi connectivity index (χ3v) is 10.6. The third-order valence-electron chi connectivity index (χ3n) is 10.6. The Labute approximate surface area is 318 Å². The van der Waals surface area contributed by atoms with Crippen molar-refractivity contribution in [3.8, 4) is 45.3 Å². The molecule has 256 valence electrons. The lowest BCUT2D eigenvalue weighted by molar-refractivity contribution is 1.18. The van der Waals surface area contributed by atoms with Crippen molar-refractivity contribution in [1.82, 2.24) is 14.5 Å².